The van der Waals surface area contributed by atoms with Crippen molar-refractivity contribution in [1.82, 2.24) is 9.55 Å². The van der Waals surface area contributed by atoms with Crippen molar-refractivity contribution in [2.45, 2.75) is 31.7 Å². The van der Waals surface area contributed by atoms with Crippen LogP contribution in [0.1, 0.15) is 30.6 Å². The summed E-state index contributed by atoms with van der Waals surface area (Å²) in [6.07, 6.45) is 0.801. The van der Waals surface area contributed by atoms with Gasteiger partial charge in [0.1, 0.15) is 0 Å². The quantitative estimate of drug-likeness (QED) is 0.322. The third-order valence-corrected chi connectivity index (χ3v) is 7.50. The van der Waals surface area contributed by atoms with Crippen molar-refractivity contribution in [1.29, 1.82) is 0 Å². The molecular formula is C26H26ClN5O4S. The van der Waals surface area contributed by atoms with E-state index in [0.717, 1.165) is 11.9 Å². The van der Waals surface area contributed by atoms with Gasteiger partial charge in [-0.05, 0) is 55.0 Å². The SMILES string of the molecule is CCCn1c(NC(=O)c2ccc(Cl)c(NS(=O)(=O)c3ccccc3)c2)nc2cc(N(C)C(C)=O)ccc21. The number of nitrogens with zero attached hydrogens (tertiary/aromatic N) is 3. The molecule has 0 spiro atoms. The van der Waals surface area contributed by atoms with Gasteiger partial charge in [-0.1, -0.05) is 36.7 Å². The number of aryl methyl sites for hydroxylation is 1. The fraction of sp³-hybridized carbons (Fsp3) is 0.192. The predicted octanol–water partition coefficient (Wildman–Crippen LogP) is 5.14. The standard InChI is InChI=1S/C26H26ClN5O4S/c1-4-14-32-24-13-11-19(31(3)17(2)33)16-23(24)28-26(32)29-25(34)18-10-12-21(27)22(15-18)30-37(35,36)20-8-6-5-7-9-20/h5-13,15-16,30H,4,14H2,1-3H3,(H,28,29,34). The lowest BCUT2D eigenvalue weighted by atomic mass is 10.2. The molecule has 4 rings (SSSR count). The van der Waals surface area contributed by atoms with Crippen LogP contribution in [0.2, 0.25) is 5.02 Å². The molecule has 0 saturated carbocycles. The maximum absolute atomic E-state index is 13.2. The molecule has 0 aliphatic rings. The van der Waals surface area contributed by atoms with E-state index in [1.54, 1.807) is 31.3 Å². The summed E-state index contributed by atoms with van der Waals surface area (Å²) in [4.78, 5) is 31.1. The van der Waals surface area contributed by atoms with Crippen molar-refractivity contribution < 1.29 is 18.0 Å². The minimum absolute atomic E-state index is 0.0731. The molecule has 1 aromatic heterocycles. The van der Waals surface area contributed by atoms with Crippen LogP contribution in [-0.4, -0.2) is 36.8 Å². The van der Waals surface area contributed by atoms with Gasteiger partial charge >= 0.3 is 0 Å². The van der Waals surface area contributed by atoms with Gasteiger partial charge in [0.15, 0.2) is 0 Å². The van der Waals surface area contributed by atoms with E-state index in [4.69, 9.17) is 11.6 Å². The number of halogens is 1. The maximum atomic E-state index is 13.2. The molecule has 2 N–H and O–H groups in total. The molecule has 0 unspecified atom stereocenters. The zero-order chi connectivity index (χ0) is 26.7. The van der Waals surface area contributed by atoms with Gasteiger partial charge < -0.3 is 9.47 Å². The minimum Gasteiger partial charge on any atom is -0.316 e. The van der Waals surface area contributed by atoms with E-state index in [2.05, 4.69) is 15.0 Å². The van der Waals surface area contributed by atoms with Crippen molar-refractivity contribution in [3.8, 4) is 0 Å². The Morgan fingerprint density at radius 1 is 1.05 bits per heavy atom. The summed E-state index contributed by atoms with van der Waals surface area (Å²) in [5.41, 5.74) is 2.40. The highest BCUT2D eigenvalue weighted by atomic mass is 35.5. The van der Waals surface area contributed by atoms with Gasteiger partial charge in [0, 0.05) is 31.8 Å². The molecule has 2 amide bonds. The van der Waals surface area contributed by atoms with Crippen LogP contribution in [0.4, 0.5) is 17.3 Å². The number of rotatable bonds is 8. The van der Waals surface area contributed by atoms with Crippen LogP contribution < -0.4 is 14.9 Å². The van der Waals surface area contributed by atoms with E-state index in [-0.39, 0.29) is 27.1 Å². The number of carbonyl (C=O) groups is 2. The monoisotopic (exact) mass is 539 g/mol. The molecule has 1 heterocycles. The van der Waals surface area contributed by atoms with Crippen molar-refractivity contribution in [3.05, 3.63) is 77.3 Å². The van der Waals surface area contributed by atoms with E-state index in [0.29, 0.717) is 23.7 Å². The fourth-order valence-corrected chi connectivity index (χ4v) is 5.09. The van der Waals surface area contributed by atoms with E-state index < -0.39 is 15.9 Å². The first-order valence-corrected chi connectivity index (χ1v) is 13.4. The van der Waals surface area contributed by atoms with Crippen LogP contribution in [-0.2, 0) is 21.4 Å². The molecule has 0 atom stereocenters. The summed E-state index contributed by atoms with van der Waals surface area (Å²) in [5.74, 6) is -0.251. The maximum Gasteiger partial charge on any atom is 0.261 e. The Labute approximate surface area is 220 Å². The lowest BCUT2D eigenvalue weighted by molar-refractivity contribution is -0.116. The number of hydrogen-bond acceptors (Lipinski definition) is 5. The van der Waals surface area contributed by atoms with Crippen LogP contribution in [0.5, 0.6) is 0 Å². The predicted molar refractivity (Wildman–Crippen MR) is 146 cm³/mol. The number of carbonyl (C=O) groups excluding carboxylic acids is 2. The average Bonchev–Trinajstić information content (AvgIpc) is 3.21. The van der Waals surface area contributed by atoms with Crippen LogP contribution in [0.25, 0.3) is 11.0 Å². The second-order valence-electron chi connectivity index (χ2n) is 8.41. The first-order chi connectivity index (χ1) is 17.6. The summed E-state index contributed by atoms with van der Waals surface area (Å²) in [6, 6.07) is 17.7. The van der Waals surface area contributed by atoms with Gasteiger partial charge in [-0.3, -0.25) is 19.6 Å². The van der Waals surface area contributed by atoms with Crippen LogP contribution in [0.15, 0.2) is 71.6 Å². The Hall–Kier alpha value is -3.89. The molecule has 3 aromatic carbocycles. The molecular weight excluding hydrogens is 514 g/mol. The number of amides is 2. The molecule has 0 saturated heterocycles. The Kier molecular flexibility index (Phi) is 7.51. The largest absolute Gasteiger partial charge is 0.316 e. The second-order valence-corrected chi connectivity index (χ2v) is 10.5. The molecule has 4 aromatic rings. The zero-order valence-electron chi connectivity index (χ0n) is 20.5. The second kappa shape index (κ2) is 10.6. The van der Waals surface area contributed by atoms with Gasteiger partial charge in [0.25, 0.3) is 15.9 Å². The number of benzene rings is 3. The summed E-state index contributed by atoms with van der Waals surface area (Å²) >= 11 is 6.23. The molecule has 0 aliphatic carbocycles. The molecule has 0 fully saturated rings. The smallest absolute Gasteiger partial charge is 0.261 e. The number of aromatic nitrogens is 2. The Morgan fingerprint density at radius 3 is 2.46 bits per heavy atom. The summed E-state index contributed by atoms with van der Waals surface area (Å²) in [7, 11) is -2.22. The fourth-order valence-electron chi connectivity index (χ4n) is 3.78. The number of imidazole rings is 1. The van der Waals surface area contributed by atoms with Gasteiger partial charge in [0.2, 0.25) is 11.9 Å². The third-order valence-electron chi connectivity index (χ3n) is 5.79. The number of sulfonamides is 1. The van der Waals surface area contributed by atoms with Crippen molar-refractivity contribution >= 4 is 61.8 Å². The lowest BCUT2D eigenvalue weighted by Crippen LogP contribution is -2.22. The summed E-state index contributed by atoms with van der Waals surface area (Å²) in [6.45, 7) is 4.10. The highest BCUT2D eigenvalue weighted by Gasteiger charge is 2.19. The molecule has 0 aliphatic heterocycles. The molecule has 0 bridgehead atoms. The first-order valence-electron chi connectivity index (χ1n) is 11.5. The van der Waals surface area contributed by atoms with Gasteiger partial charge in [-0.2, -0.15) is 0 Å². The number of hydrogen-bond donors (Lipinski definition) is 2. The number of fused-ring (bicyclic) bond motifs is 1. The number of nitrogens with one attached hydrogen (secondary N) is 2. The van der Waals surface area contributed by atoms with E-state index in [9.17, 15) is 18.0 Å². The Bertz CT molecular complexity index is 1590. The van der Waals surface area contributed by atoms with Crippen molar-refractivity contribution in [2.24, 2.45) is 0 Å². The van der Waals surface area contributed by atoms with Crippen molar-refractivity contribution in [2.75, 3.05) is 22.0 Å². The van der Waals surface area contributed by atoms with Crippen LogP contribution in [0, 0.1) is 0 Å². The highest BCUT2D eigenvalue weighted by Crippen LogP contribution is 2.28. The van der Waals surface area contributed by atoms with E-state index in [1.807, 2.05) is 23.6 Å². The molecule has 192 valence electrons. The topological polar surface area (TPSA) is 113 Å². The van der Waals surface area contributed by atoms with E-state index in [1.165, 1.54) is 42.2 Å². The number of anilines is 3. The minimum atomic E-state index is -3.90. The van der Waals surface area contributed by atoms with Gasteiger partial charge in [-0.15, -0.1) is 0 Å². The summed E-state index contributed by atoms with van der Waals surface area (Å²) in [5, 5.41) is 2.98. The molecule has 11 heteroatoms. The summed E-state index contributed by atoms with van der Waals surface area (Å²) < 4.78 is 29.8. The third kappa shape index (κ3) is 5.60. The normalized spacial score (nSPS) is 11.4. The van der Waals surface area contributed by atoms with E-state index >= 15 is 0 Å². The molecule has 0 radical (unpaired) electrons. The zero-order valence-corrected chi connectivity index (χ0v) is 22.1. The average molecular weight is 540 g/mol. The molecule has 37 heavy (non-hydrogen) atoms. The Balaban J connectivity index is 1.64. The molecule has 9 nitrogen and oxygen atoms in total. The Morgan fingerprint density at radius 2 is 1.78 bits per heavy atom. The van der Waals surface area contributed by atoms with Gasteiger partial charge in [0.05, 0.1) is 26.6 Å². The first kappa shape index (κ1) is 26.2. The lowest BCUT2D eigenvalue weighted by Gasteiger charge is -2.14. The van der Waals surface area contributed by atoms with Gasteiger partial charge in [-0.25, -0.2) is 13.4 Å². The van der Waals surface area contributed by atoms with Crippen LogP contribution >= 0.6 is 11.6 Å². The van der Waals surface area contributed by atoms with Crippen LogP contribution in [0.3, 0.4) is 0 Å². The highest BCUT2D eigenvalue weighted by molar-refractivity contribution is 7.92. The van der Waals surface area contributed by atoms with Crippen molar-refractivity contribution in [3.63, 3.8) is 0 Å².